The van der Waals surface area contributed by atoms with Gasteiger partial charge in [0.2, 0.25) is 6.79 Å². The molecule has 1 aliphatic heterocycles. The Bertz CT molecular complexity index is 1100. The normalized spacial score (nSPS) is 12.5. The molecule has 9 heteroatoms. The van der Waals surface area contributed by atoms with Crippen LogP contribution in [0.5, 0.6) is 11.5 Å². The zero-order valence-corrected chi connectivity index (χ0v) is 17.2. The molecule has 0 radical (unpaired) electrons. The topological polar surface area (TPSA) is 89.6 Å². The van der Waals surface area contributed by atoms with E-state index >= 15 is 0 Å². The molecule has 0 atom stereocenters. The van der Waals surface area contributed by atoms with E-state index in [-0.39, 0.29) is 12.5 Å². The van der Waals surface area contributed by atoms with Crippen LogP contribution in [0.1, 0.15) is 15.9 Å². The van der Waals surface area contributed by atoms with Crippen molar-refractivity contribution in [2.24, 2.45) is 0 Å². The van der Waals surface area contributed by atoms with Gasteiger partial charge in [0.1, 0.15) is 5.70 Å². The molecule has 0 spiro atoms. The van der Waals surface area contributed by atoms with Crippen LogP contribution in [-0.2, 0) is 4.79 Å². The SMILES string of the molecule is O=C(Nc1nccs1)/C(=C/c1ccc2c(c1)OCO2)NC(=O)c1cccc(Br)c1. The molecule has 2 heterocycles. The van der Waals surface area contributed by atoms with Gasteiger partial charge in [-0.15, -0.1) is 11.3 Å². The fourth-order valence-electron chi connectivity index (χ4n) is 2.60. The second-order valence-electron chi connectivity index (χ2n) is 5.93. The number of ether oxygens (including phenoxy) is 2. The Morgan fingerprint density at radius 3 is 2.79 bits per heavy atom. The van der Waals surface area contributed by atoms with Crippen LogP contribution in [0.15, 0.2) is 64.2 Å². The lowest BCUT2D eigenvalue weighted by molar-refractivity contribution is -0.113. The molecule has 2 amide bonds. The quantitative estimate of drug-likeness (QED) is 0.548. The predicted molar refractivity (Wildman–Crippen MR) is 113 cm³/mol. The molecule has 0 bridgehead atoms. The van der Waals surface area contributed by atoms with Gasteiger partial charge in [-0.2, -0.15) is 0 Å². The Morgan fingerprint density at radius 1 is 1.14 bits per heavy atom. The molecule has 1 aliphatic rings. The van der Waals surface area contributed by atoms with Gasteiger partial charge < -0.3 is 14.8 Å². The molecule has 0 saturated carbocycles. The van der Waals surface area contributed by atoms with E-state index in [2.05, 4.69) is 31.5 Å². The van der Waals surface area contributed by atoms with Crippen molar-refractivity contribution in [3.63, 3.8) is 0 Å². The molecule has 29 heavy (non-hydrogen) atoms. The van der Waals surface area contributed by atoms with Crippen LogP contribution in [0.4, 0.5) is 5.13 Å². The zero-order chi connectivity index (χ0) is 20.2. The van der Waals surface area contributed by atoms with Gasteiger partial charge in [-0.1, -0.05) is 28.1 Å². The fraction of sp³-hybridized carbons (Fsp3) is 0.0500. The van der Waals surface area contributed by atoms with Crippen molar-refractivity contribution >= 4 is 50.3 Å². The molecule has 4 rings (SSSR count). The highest BCUT2D eigenvalue weighted by atomic mass is 79.9. The van der Waals surface area contributed by atoms with Gasteiger partial charge in [-0.25, -0.2) is 4.98 Å². The standard InChI is InChI=1S/C20H14BrN3O4S/c21-14-3-1-2-13(10-14)18(25)23-15(19(26)24-20-22-6-7-29-20)8-12-4-5-16-17(9-12)28-11-27-16/h1-10H,11H2,(H,23,25)(H,22,24,26)/b15-8-. The third-order valence-corrected chi connectivity index (χ3v) is 5.12. The number of rotatable bonds is 5. The minimum Gasteiger partial charge on any atom is -0.454 e. The number of nitrogens with zero attached hydrogens (tertiary/aromatic N) is 1. The number of halogens is 1. The number of hydrogen-bond donors (Lipinski definition) is 2. The second kappa shape index (κ2) is 8.46. The number of carbonyl (C=O) groups is 2. The largest absolute Gasteiger partial charge is 0.454 e. The van der Waals surface area contributed by atoms with Crippen molar-refractivity contribution in [3.05, 3.63) is 75.3 Å². The number of carbonyl (C=O) groups excluding carboxylic acids is 2. The molecule has 2 N–H and O–H groups in total. The van der Waals surface area contributed by atoms with Crippen molar-refractivity contribution in [1.29, 1.82) is 0 Å². The minimum absolute atomic E-state index is 0.0732. The Morgan fingerprint density at radius 2 is 2.00 bits per heavy atom. The fourth-order valence-corrected chi connectivity index (χ4v) is 3.52. The van der Waals surface area contributed by atoms with Crippen LogP contribution in [0.25, 0.3) is 6.08 Å². The molecule has 3 aromatic rings. The van der Waals surface area contributed by atoms with Crippen LogP contribution in [0.2, 0.25) is 0 Å². The number of anilines is 1. The molecule has 1 aromatic heterocycles. The number of nitrogens with one attached hydrogen (secondary N) is 2. The molecule has 2 aromatic carbocycles. The Kier molecular flexibility index (Phi) is 5.59. The summed E-state index contributed by atoms with van der Waals surface area (Å²) in [5.41, 5.74) is 1.16. The number of benzene rings is 2. The average molecular weight is 472 g/mol. The maximum absolute atomic E-state index is 12.8. The maximum atomic E-state index is 12.8. The first-order valence-electron chi connectivity index (χ1n) is 8.47. The van der Waals surface area contributed by atoms with E-state index in [1.807, 2.05) is 6.07 Å². The van der Waals surface area contributed by atoms with Crippen LogP contribution in [0.3, 0.4) is 0 Å². The van der Waals surface area contributed by atoms with E-state index in [1.54, 1.807) is 54.1 Å². The van der Waals surface area contributed by atoms with Crippen molar-refractivity contribution in [2.45, 2.75) is 0 Å². The van der Waals surface area contributed by atoms with Gasteiger partial charge >= 0.3 is 0 Å². The van der Waals surface area contributed by atoms with E-state index in [9.17, 15) is 9.59 Å². The molecule has 0 unspecified atom stereocenters. The van der Waals surface area contributed by atoms with Crippen molar-refractivity contribution < 1.29 is 19.1 Å². The highest BCUT2D eigenvalue weighted by Gasteiger charge is 2.18. The van der Waals surface area contributed by atoms with Gasteiger partial charge in [-0.3, -0.25) is 14.9 Å². The average Bonchev–Trinajstić information content (AvgIpc) is 3.38. The summed E-state index contributed by atoms with van der Waals surface area (Å²) in [5, 5.41) is 7.55. The first-order valence-corrected chi connectivity index (χ1v) is 10.1. The summed E-state index contributed by atoms with van der Waals surface area (Å²) in [7, 11) is 0. The highest BCUT2D eigenvalue weighted by Crippen LogP contribution is 2.33. The van der Waals surface area contributed by atoms with Gasteiger partial charge in [0, 0.05) is 21.6 Å². The van der Waals surface area contributed by atoms with E-state index in [0.29, 0.717) is 27.8 Å². The van der Waals surface area contributed by atoms with Crippen molar-refractivity contribution in [2.75, 3.05) is 12.1 Å². The summed E-state index contributed by atoms with van der Waals surface area (Å²) in [6, 6.07) is 12.2. The summed E-state index contributed by atoms with van der Waals surface area (Å²) in [6.07, 6.45) is 3.16. The number of amides is 2. The smallest absolute Gasteiger partial charge is 0.273 e. The number of fused-ring (bicyclic) bond motifs is 1. The summed E-state index contributed by atoms with van der Waals surface area (Å²) in [6.45, 7) is 0.152. The summed E-state index contributed by atoms with van der Waals surface area (Å²) in [4.78, 5) is 29.5. The van der Waals surface area contributed by atoms with Gasteiger partial charge in [0.25, 0.3) is 11.8 Å². The van der Waals surface area contributed by atoms with Crippen LogP contribution >= 0.6 is 27.3 Å². The van der Waals surface area contributed by atoms with E-state index < -0.39 is 11.8 Å². The van der Waals surface area contributed by atoms with Gasteiger partial charge in [0.15, 0.2) is 16.6 Å². The molecule has 0 fully saturated rings. The second-order valence-corrected chi connectivity index (χ2v) is 7.74. The Hall–Kier alpha value is -3.17. The number of hydrogen-bond acceptors (Lipinski definition) is 6. The number of thiazole rings is 1. The third kappa shape index (κ3) is 4.64. The molecular formula is C20H14BrN3O4S. The lowest BCUT2D eigenvalue weighted by atomic mass is 10.1. The first-order chi connectivity index (χ1) is 14.1. The highest BCUT2D eigenvalue weighted by molar-refractivity contribution is 9.10. The molecule has 0 aliphatic carbocycles. The predicted octanol–water partition coefficient (Wildman–Crippen LogP) is 4.04. The molecule has 146 valence electrons. The van der Waals surface area contributed by atoms with Crippen molar-refractivity contribution in [1.82, 2.24) is 10.3 Å². The number of aromatic nitrogens is 1. The third-order valence-electron chi connectivity index (χ3n) is 3.94. The summed E-state index contributed by atoms with van der Waals surface area (Å²) in [5.74, 6) is 0.319. The Labute approximate surface area is 178 Å². The summed E-state index contributed by atoms with van der Waals surface area (Å²) < 4.78 is 11.4. The van der Waals surface area contributed by atoms with Gasteiger partial charge in [0.05, 0.1) is 0 Å². The lowest BCUT2D eigenvalue weighted by Crippen LogP contribution is -2.30. The van der Waals surface area contributed by atoms with Crippen molar-refractivity contribution in [3.8, 4) is 11.5 Å². The van der Waals surface area contributed by atoms with E-state index in [4.69, 9.17) is 9.47 Å². The molecular weight excluding hydrogens is 458 g/mol. The van der Waals surface area contributed by atoms with E-state index in [1.165, 1.54) is 11.3 Å². The zero-order valence-electron chi connectivity index (χ0n) is 14.8. The van der Waals surface area contributed by atoms with E-state index in [0.717, 1.165) is 4.47 Å². The van der Waals surface area contributed by atoms with Crippen LogP contribution in [-0.4, -0.2) is 23.6 Å². The Balaban J connectivity index is 1.63. The van der Waals surface area contributed by atoms with Crippen LogP contribution in [0, 0.1) is 0 Å². The van der Waals surface area contributed by atoms with Crippen LogP contribution < -0.4 is 20.1 Å². The molecule has 0 saturated heterocycles. The molecule has 7 nitrogen and oxygen atoms in total. The minimum atomic E-state index is -0.485. The maximum Gasteiger partial charge on any atom is 0.273 e. The van der Waals surface area contributed by atoms with Gasteiger partial charge in [-0.05, 0) is 42.0 Å². The lowest BCUT2D eigenvalue weighted by Gasteiger charge is -2.10. The monoisotopic (exact) mass is 471 g/mol. The first kappa shape index (κ1) is 19.2. The summed E-state index contributed by atoms with van der Waals surface area (Å²) >= 11 is 4.62.